The van der Waals surface area contributed by atoms with Crippen LogP contribution in [0.2, 0.25) is 0 Å². The number of rotatable bonds is 4. The summed E-state index contributed by atoms with van der Waals surface area (Å²) in [6, 6.07) is 0.832. The first kappa shape index (κ1) is 10.4. The minimum Gasteiger partial charge on any atom is -0.317 e. The summed E-state index contributed by atoms with van der Waals surface area (Å²) < 4.78 is 0. The van der Waals surface area contributed by atoms with Crippen LogP contribution in [-0.4, -0.2) is 49.6 Å². The molecule has 1 saturated heterocycles. The Morgan fingerprint density at radius 3 is 2.67 bits per heavy atom. The van der Waals surface area contributed by atoms with Crippen LogP contribution >= 0.6 is 11.8 Å². The van der Waals surface area contributed by atoms with E-state index in [9.17, 15) is 0 Å². The summed E-state index contributed by atoms with van der Waals surface area (Å²) in [5.74, 6) is 1.26. The molecule has 0 aromatic heterocycles. The average molecular weight is 188 g/mol. The van der Waals surface area contributed by atoms with E-state index in [4.69, 9.17) is 0 Å². The fraction of sp³-hybridized carbons (Fsp3) is 1.00. The molecular formula is C9H20N2S. The van der Waals surface area contributed by atoms with Crippen molar-refractivity contribution in [3.8, 4) is 0 Å². The number of nitrogens with zero attached hydrogens (tertiary/aromatic N) is 1. The number of piperidine rings is 1. The molecule has 0 unspecified atom stereocenters. The first-order valence-corrected chi connectivity index (χ1v) is 6.14. The van der Waals surface area contributed by atoms with E-state index in [-0.39, 0.29) is 0 Å². The van der Waals surface area contributed by atoms with E-state index in [1.54, 1.807) is 0 Å². The van der Waals surface area contributed by atoms with E-state index < -0.39 is 0 Å². The number of nitrogens with one attached hydrogen (secondary N) is 1. The SMILES string of the molecule is CSCCN(C)C1CCNCC1. The minimum absolute atomic E-state index is 0.832. The quantitative estimate of drug-likeness (QED) is 0.709. The van der Waals surface area contributed by atoms with Gasteiger partial charge in [0.25, 0.3) is 0 Å². The number of hydrogen-bond donors (Lipinski definition) is 1. The molecular weight excluding hydrogens is 168 g/mol. The molecule has 72 valence electrons. The van der Waals surface area contributed by atoms with Crippen LogP contribution in [0, 0.1) is 0 Å². The van der Waals surface area contributed by atoms with Crippen molar-refractivity contribution in [1.29, 1.82) is 0 Å². The highest BCUT2D eigenvalue weighted by molar-refractivity contribution is 7.98. The highest BCUT2D eigenvalue weighted by Crippen LogP contribution is 2.09. The maximum Gasteiger partial charge on any atom is 0.0117 e. The molecule has 2 nitrogen and oxygen atoms in total. The molecule has 1 rings (SSSR count). The Bertz CT molecular complexity index is 113. The lowest BCUT2D eigenvalue weighted by atomic mass is 10.1. The zero-order valence-corrected chi connectivity index (χ0v) is 8.99. The predicted molar refractivity (Wildman–Crippen MR) is 56.9 cm³/mol. The van der Waals surface area contributed by atoms with Crippen molar-refractivity contribution in [3.63, 3.8) is 0 Å². The molecule has 1 heterocycles. The molecule has 0 aromatic rings. The van der Waals surface area contributed by atoms with Crippen LogP contribution in [0.25, 0.3) is 0 Å². The van der Waals surface area contributed by atoms with Gasteiger partial charge in [-0.2, -0.15) is 11.8 Å². The Morgan fingerprint density at radius 1 is 1.42 bits per heavy atom. The van der Waals surface area contributed by atoms with Crippen molar-refractivity contribution in [2.45, 2.75) is 18.9 Å². The summed E-state index contributed by atoms with van der Waals surface area (Å²) in [6.07, 6.45) is 4.83. The molecule has 0 amide bonds. The summed E-state index contributed by atoms with van der Waals surface area (Å²) in [5.41, 5.74) is 0. The van der Waals surface area contributed by atoms with E-state index in [0.29, 0.717) is 0 Å². The van der Waals surface area contributed by atoms with Gasteiger partial charge in [-0.1, -0.05) is 0 Å². The van der Waals surface area contributed by atoms with Gasteiger partial charge in [-0.15, -0.1) is 0 Å². The number of hydrogen-bond acceptors (Lipinski definition) is 3. The Labute approximate surface area is 80.1 Å². The first-order chi connectivity index (χ1) is 5.84. The minimum atomic E-state index is 0.832. The second kappa shape index (κ2) is 5.84. The molecule has 1 aliphatic rings. The standard InChI is InChI=1S/C9H20N2S/c1-11(7-8-12-2)9-3-5-10-6-4-9/h9-10H,3-8H2,1-2H3. The monoisotopic (exact) mass is 188 g/mol. The molecule has 12 heavy (non-hydrogen) atoms. The van der Waals surface area contributed by atoms with E-state index in [2.05, 4.69) is 23.5 Å². The van der Waals surface area contributed by atoms with Gasteiger partial charge in [0.2, 0.25) is 0 Å². The zero-order chi connectivity index (χ0) is 8.81. The molecule has 0 saturated carbocycles. The molecule has 0 atom stereocenters. The van der Waals surface area contributed by atoms with Crippen molar-refractivity contribution < 1.29 is 0 Å². The van der Waals surface area contributed by atoms with Crippen molar-refractivity contribution in [2.24, 2.45) is 0 Å². The molecule has 0 aromatic carbocycles. The van der Waals surface area contributed by atoms with Crippen LogP contribution in [0.3, 0.4) is 0 Å². The Morgan fingerprint density at radius 2 is 2.08 bits per heavy atom. The molecule has 0 aliphatic carbocycles. The van der Waals surface area contributed by atoms with Crippen LogP contribution in [-0.2, 0) is 0 Å². The third kappa shape index (κ3) is 3.33. The lowest BCUT2D eigenvalue weighted by Crippen LogP contribution is -2.41. The summed E-state index contributed by atoms with van der Waals surface area (Å²) in [5, 5.41) is 3.39. The van der Waals surface area contributed by atoms with Gasteiger partial charge in [0.05, 0.1) is 0 Å². The van der Waals surface area contributed by atoms with E-state index >= 15 is 0 Å². The summed E-state index contributed by atoms with van der Waals surface area (Å²) in [7, 11) is 2.26. The highest BCUT2D eigenvalue weighted by Gasteiger charge is 2.16. The maximum atomic E-state index is 3.39. The van der Waals surface area contributed by atoms with Crippen LogP contribution in [0.4, 0.5) is 0 Å². The summed E-state index contributed by atoms with van der Waals surface area (Å²) >= 11 is 1.94. The second-order valence-corrected chi connectivity index (χ2v) is 4.44. The van der Waals surface area contributed by atoms with Crippen molar-refractivity contribution in [3.05, 3.63) is 0 Å². The zero-order valence-electron chi connectivity index (χ0n) is 8.18. The number of thioether (sulfide) groups is 1. The Hall–Kier alpha value is 0.270. The summed E-state index contributed by atoms with van der Waals surface area (Å²) in [6.45, 7) is 3.65. The van der Waals surface area contributed by atoms with Crippen LogP contribution in [0.1, 0.15) is 12.8 Å². The lowest BCUT2D eigenvalue weighted by Gasteiger charge is -2.31. The van der Waals surface area contributed by atoms with Gasteiger partial charge in [-0.25, -0.2) is 0 Å². The first-order valence-electron chi connectivity index (χ1n) is 4.74. The Balaban J connectivity index is 2.15. The van der Waals surface area contributed by atoms with Crippen molar-refractivity contribution in [1.82, 2.24) is 10.2 Å². The predicted octanol–water partition coefficient (Wildman–Crippen LogP) is 1.03. The van der Waals surface area contributed by atoms with Gasteiger partial charge in [-0.3, -0.25) is 0 Å². The second-order valence-electron chi connectivity index (χ2n) is 3.45. The lowest BCUT2D eigenvalue weighted by molar-refractivity contribution is 0.210. The smallest absolute Gasteiger partial charge is 0.0117 e. The molecule has 1 N–H and O–H groups in total. The van der Waals surface area contributed by atoms with Crippen molar-refractivity contribution >= 4 is 11.8 Å². The maximum absolute atomic E-state index is 3.39. The van der Waals surface area contributed by atoms with Crippen LogP contribution in [0.15, 0.2) is 0 Å². The van der Waals surface area contributed by atoms with Gasteiger partial charge < -0.3 is 10.2 Å². The van der Waals surface area contributed by atoms with Gasteiger partial charge in [-0.05, 0) is 39.2 Å². The molecule has 3 heteroatoms. The molecule has 1 aliphatic heterocycles. The molecule has 1 fully saturated rings. The topological polar surface area (TPSA) is 15.3 Å². The normalized spacial score (nSPS) is 20.2. The van der Waals surface area contributed by atoms with Crippen molar-refractivity contribution in [2.75, 3.05) is 38.7 Å². The van der Waals surface area contributed by atoms with Gasteiger partial charge >= 0.3 is 0 Å². The van der Waals surface area contributed by atoms with E-state index in [1.807, 2.05) is 11.8 Å². The van der Waals surface area contributed by atoms with E-state index in [0.717, 1.165) is 6.04 Å². The van der Waals surface area contributed by atoms with Gasteiger partial charge in [0, 0.05) is 18.3 Å². The van der Waals surface area contributed by atoms with Crippen LogP contribution in [0.5, 0.6) is 0 Å². The van der Waals surface area contributed by atoms with Crippen LogP contribution < -0.4 is 5.32 Å². The highest BCUT2D eigenvalue weighted by atomic mass is 32.2. The fourth-order valence-corrected chi connectivity index (χ4v) is 2.14. The largest absolute Gasteiger partial charge is 0.317 e. The third-order valence-electron chi connectivity index (χ3n) is 2.58. The molecule has 0 radical (unpaired) electrons. The van der Waals surface area contributed by atoms with Gasteiger partial charge in [0.1, 0.15) is 0 Å². The Kier molecular flexibility index (Phi) is 5.04. The fourth-order valence-electron chi connectivity index (χ4n) is 1.67. The van der Waals surface area contributed by atoms with Gasteiger partial charge in [0.15, 0.2) is 0 Å². The summed E-state index contributed by atoms with van der Waals surface area (Å²) in [4.78, 5) is 2.51. The third-order valence-corrected chi connectivity index (χ3v) is 3.17. The average Bonchev–Trinajstić information content (AvgIpc) is 2.15. The van der Waals surface area contributed by atoms with E-state index in [1.165, 1.54) is 38.2 Å². The molecule has 0 spiro atoms. The molecule has 0 bridgehead atoms.